The van der Waals surface area contributed by atoms with E-state index in [0.717, 1.165) is 10.0 Å². The molecular weight excluding hydrogens is 328 g/mol. The van der Waals surface area contributed by atoms with Gasteiger partial charge in [-0.15, -0.1) is 0 Å². The third-order valence-electron chi connectivity index (χ3n) is 2.67. The average Bonchev–Trinajstić information content (AvgIpc) is 2.36. The van der Waals surface area contributed by atoms with Crippen LogP contribution in [-0.2, 0) is 11.3 Å². The molecule has 0 radical (unpaired) electrons. The molecular formula is C14H20BrClN2O. The number of nitrogens with one attached hydrogen (secondary N) is 2. The quantitative estimate of drug-likeness (QED) is 0.828. The van der Waals surface area contributed by atoms with Gasteiger partial charge in [-0.1, -0.05) is 31.5 Å². The molecule has 0 aliphatic heterocycles. The van der Waals surface area contributed by atoms with E-state index < -0.39 is 0 Å². The van der Waals surface area contributed by atoms with Gasteiger partial charge in [0.1, 0.15) is 0 Å². The van der Waals surface area contributed by atoms with Crippen LogP contribution in [0, 0.1) is 5.92 Å². The van der Waals surface area contributed by atoms with Gasteiger partial charge in [-0.2, -0.15) is 0 Å². The van der Waals surface area contributed by atoms with Gasteiger partial charge in [0.2, 0.25) is 5.91 Å². The fourth-order valence-electron chi connectivity index (χ4n) is 1.47. The minimum atomic E-state index is -0.221. The number of benzene rings is 1. The van der Waals surface area contributed by atoms with Crippen LogP contribution in [0.2, 0.25) is 5.02 Å². The van der Waals surface area contributed by atoms with Crippen LogP contribution in [0.5, 0.6) is 0 Å². The summed E-state index contributed by atoms with van der Waals surface area (Å²) in [5.74, 6) is 0.485. The number of carbonyl (C=O) groups excluding carboxylic acids is 1. The van der Waals surface area contributed by atoms with E-state index in [9.17, 15) is 4.79 Å². The van der Waals surface area contributed by atoms with Gasteiger partial charge in [0.25, 0.3) is 0 Å². The molecule has 0 aromatic heterocycles. The highest BCUT2D eigenvalue weighted by Crippen LogP contribution is 2.23. The predicted octanol–water partition coefficient (Wildman–Crippen LogP) is 3.35. The molecule has 0 spiro atoms. The lowest BCUT2D eigenvalue weighted by Crippen LogP contribution is -2.42. The maximum Gasteiger partial charge on any atom is 0.236 e. The van der Waals surface area contributed by atoms with Crippen molar-refractivity contribution in [3.63, 3.8) is 0 Å². The first-order valence-electron chi connectivity index (χ1n) is 6.35. The van der Waals surface area contributed by atoms with Crippen molar-refractivity contribution in [3.05, 3.63) is 33.3 Å². The van der Waals surface area contributed by atoms with Gasteiger partial charge in [0.05, 0.1) is 11.1 Å². The molecule has 0 saturated carbocycles. The fraction of sp³-hybridized carbons (Fsp3) is 0.500. The number of amides is 1. The number of hydrogen-bond acceptors (Lipinski definition) is 2. The molecule has 0 heterocycles. The van der Waals surface area contributed by atoms with E-state index in [0.29, 0.717) is 24.0 Å². The van der Waals surface area contributed by atoms with Crippen molar-refractivity contribution in [2.45, 2.75) is 33.4 Å². The third kappa shape index (κ3) is 5.93. The number of halogens is 2. The second-order valence-corrected chi connectivity index (χ2v) is 6.25. The fourth-order valence-corrected chi connectivity index (χ4v) is 1.92. The van der Waals surface area contributed by atoms with Crippen LogP contribution in [0.1, 0.15) is 26.3 Å². The zero-order valence-corrected chi connectivity index (χ0v) is 13.8. The van der Waals surface area contributed by atoms with E-state index in [4.69, 9.17) is 11.6 Å². The molecule has 5 heteroatoms. The molecule has 1 aromatic carbocycles. The van der Waals surface area contributed by atoms with Crippen LogP contribution >= 0.6 is 27.5 Å². The highest BCUT2D eigenvalue weighted by atomic mass is 79.9. The molecule has 1 amide bonds. The lowest BCUT2D eigenvalue weighted by molar-refractivity contribution is -0.122. The van der Waals surface area contributed by atoms with Crippen LogP contribution in [-0.4, -0.2) is 18.5 Å². The van der Waals surface area contributed by atoms with E-state index in [1.807, 2.05) is 25.1 Å². The molecule has 19 heavy (non-hydrogen) atoms. The Morgan fingerprint density at radius 3 is 2.63 bits per heavy atom. The molecule has 1 aromatic rings. The van der Waals surface area contributed by atoms with Crippen molar-refractivity contribution in [1.82, 2.24) is 10.6 Å². The lowest BCUT2D eigenvalue weighted by atomic mass is 10.2. The van der Waals surface area contributed by atoms with Crippen molar-refractivity contribution < 1.29 is 4.79 Å². The minimum absolute atomic E-state index is 0.0249. The summed E-state index contributed by atoms with van der Waals surface area (Å²) in [5.41, 5.74) is 1.05. The standard InChI is InChI=1S/C14H20BrClN2O/c1-9(2)7-18-14(19)10(3)17-8-11-4-5-12(15)13(16)6-11/h4-6,9-10,17H,7-8H2,1-3H3,(H,18,19). The number of hydrogen-bond donors (Lipinski definition) is 2. The SMILES string of the molecule is CC(C)CNC(=O)C(C)NCc1ccc(Br)c(Cl)c1. The molecule has 0 fully saturated rings. The van der Waals surface area contributed by atoms with Crippen LogP contribution in [0.4, 0.5) is 0 Å². The van der Waals surface area contributed by atoms with Crippen molar-refractivity contribution in [3.8, 4) is 0 Å². The summed E-state index contributed by atoms with van der Waals surface area (Å²) in [4.78, 5) is 11.8. The molecule has 0 aliphatic carbocycles. The first-order chi connectivity index (χ1) is 8.90. The normalized spacial score (nSPS) is 12.5. The van der Waals surface area contributed by atoms with E-state index in [2.05, 4.69) is 40.4 Å². The van der Waals surface area contributed by atoms with Crippen molar-refractivity contribution >= 4 is 33.4 Å². The predicted molar refractivity (Wildman–Crippen MR) is 83.3 cm³/mol. The summed E-state index contributed by atoms with van der Waals surface area (Å²) < 4.78 is 0.876. The van der Waals surface area contributed by atoms with Crippen LogP contribution in [0.25, 0.3) is 0 Å². The maximum atomic E-state index is 11.8. The summed E-state index contributed by atoms with van der Waals surface area (Å²) in [7, 11) is 0. The summed E-state index contributed by atoms with van der Waals surface area (Å²) in [6.07, 6.45) is 0. The Hall–Kier alpha value is -0.580. The van der Waals surface area contributed by atoms with Gasteiger partial charge in [0.15, 0.2) is 0 Å². The Kier molecular flexibility index (Phi) is 6.83. The zero-order valence-electron chi connectivity index (χ0n) is 11.5. The van der Waals surface area contributed by atoms with Crippen LogP contribution in [0.3, 0.4) is 0 Å². The second-order valence-electron chi connectivity index (χ2n) is 4.99. The second kappa shape index (κ2) is 7.88. The molecule has 2 N–H and O–H groups in total. The summed E-state index contributed by atoms with van der Waals surface area (Å²) in [5, 5.41) is 6.76. The van der Waals surface area contributed by atoms with Gasteiger partial charge in [-0.25, -0.2) is 0 Å². The monoisotopic (exact) mass is 346 g/mol. The van der Waals surface area contributed by atoms with E-state index in [1.165, 1.54) is 0 Å². The van der Waals surface area contributed by atoms with Gasteiger partial charge in [0, 0.05) is 17.6 Å². The third-order valence-corrected chi connectivity index (χ3v) is 3.91. The van der Waals surface area contributed by atoms with Crippen molar-refractivity contribution in [2.24, 2.45) is 5.92 Å². The topological polar surface area (TPSA) is 41.1 Å². The van der Waals surface area contributed by atoms with Gasteiger partial charge in [-0.3, -0.25) is 4.79 Å². The smallest absolute Gasteiger partial charge is 0.236 e. The summed E-state index contributed by atoms with van der Waals surface area (Å²) in [6.45, 7) is 7.32. The molecule has 0 bridgehead atoms. The first-order valence-corrected chi connectivity index (χ1v) is 7.52. The Morgan fingerprint density at radius 1 is 1.37 bits per heavy atom. The highest BCUT2D eigenvalue weighted by molar-refractivity contribution is 9.10. The molecule has 3 nitrogen and oxygen atoms in total. The number of carbonyl (C=O) groups is 1. The number of rotatable bonds is 6. The Labute approximate surface area is 128 Å². The van der Waals surface area contributed by atoms with E-state index in [1.54, 1.807) is 0 Å². The van der Waals surface area contributed by atoms with Gasteiger partial charge >= 0.3 is 0 Å². The maximum absolute atomic E-state index is 11.8. The molecule has 1 rings (SSSR count). The minimum Gasteiger partial charge on any atom is -0.354 e. The molecule has 1 unspecified atom stereocenters. The summed E-state index contributed by atoms with van der Waals surface area (Å²) >= 11 is 9.37. The first kappa shape index (κ1) is 16.5. The largest absolute Gasteiger partial charge is 0.354 e. The Morgan fingerprint density at radius 2 is 2.05 bits per heavy atom. The van der Waals surface area contributed by atoms with Gasteiger partial charge in [-0.05, 0) is 46.5 Å². The average molecular weight is 348 g/mol. The molecule has 106 valence electrons. The zero-order chi connectivity index (χ0) is 14.4. The molecule has 0 aliphatic rings. The Balaban J connectivity index is 2.42. The van der Waals surface area contributed by atoms with E-state index >= 15 is 0 Å². The van der Waals surface area contributed by atoms with E-state index in [-0.39, 0.29) is 11.9 Å². The highest BCUT2D eigenvalue weighted by Gasteiger charge is 2.12. The molecule has 0 saturated heterocycles. The lowest BCUT2D eigenvalue weighted by Gasteiger charge is -2.15. The van der Waals surface area contributed by atoms with Crippen LogP contribution < -0.4 is 10.6 Å². The van der Waals surface area contributed by atoms with Crippen molar-refractivity contribution in [2.75, 3.05) is 6.54 Å². The van der Waals surface area contributed by atoms with Crippen LogP contribution in [0.15, 0.2) is 22.7 Å². The van der Waals surface area contributed by atoms with Crippen molar-refractivity contribution in [1.29, 1.82) is 0 Å². The van der Waals surface area contributed by atoms with Gasteiger partial charge < -0.3 is 10.6 Å². The summed E-state index contributed by atoms with van der Waals surface area (Å²) in [6, 6.07) is 5.54. The Bertz CT molecular complexity index is 437. The molecule has 1 atom stereocenters.